The molecule has 0 amide bonds. The van der Waals surface area contributed by atoms with Crippen molar-refractivity contribution >= 4 is 61.6 Å². The van der Waals surface area contributed by atoms with Crippen molar-refractivity contribution in [3.8, 4) is 0 Å². The Balaban J connectivity index is 4.38. The molecule has 0 aromatic heterocycles. The Morgan fingerprint density at radius 2 is 2.17 bits per heavy atom. The molecule has 0 aromatic carbocycles. The summed E-state index contributed by atoms with van der Waals surface area (Å²) in [7, 11) is 3.51. The Kier molecular flexibility index (Phi) is 6.61. The summed E-state index contributed by atoms with van der Waals surface area (Å²) < 4.78 is 4.33. The minimum atomic E-state index is 0.163. The quantitative estimate of drug-likeness (QED) is 0.282. The zero-order chi connectivity index (χ0) is 9.56. The monoisotopic (exact) mass is 393 g/mol. The number of rotatable bonds is 0. The lowest BCUT2D eigenvalue weighted by molar-refractivity contribution is 0.609. The minimum Gasteiger partial charge on any atom is -0.347 e. The third-order valence-electron chi connectivity index (χ3n) is 0.891. The molecular formula is C5H9I2N5. The third kappa shape index (κ3) is 4.85. The zero-order valence-electron chi connectivity index (χ0n) is 6.67. The number of nitrogens with one attached hydrogen (secondary N) is 2. The summed E-state index contributed by atoms with van der Waals surface area (Å²) in [6.45, 7) is 0. The molecular weight excluding hydrogens is 384 g/mol. The molecule has 0 unspecified atom stereocenters. The third-order valence-corrected chi connectivity index (χ3v) is 1.65. The molecule has 0 saturated heterocycles. The number of nitrogens with zero attached hydrogens (tertiary/aromatic N) is 3. The SMILES string of the molecule is CN(C)C(=N)/N=C(\N=C/I)NI. The molecule has 0 atom stereocenters. The number of aliphatic imine (C=N–C) groups is 2. The molecule has 0 aliphatic rings. The van der Waals surface area contributed by atoms with Gasteiger partial charge in [-0.1, -0.05) is 0 Å². The summed E-state index contributed by atoms with van der Waals surface area (Å²) in [5, 5.41) is 7.37. The molecule has 0 heterocycles. The topological polar surface area (TPSA) is 63.8 Å². The summed E-state index contributed by atoms with van der Waals surface area (Å²) >= 11 is 3.91. The fourth-order valence-corrected chi connectivity index (χ4v) is 0.845. The van der Waals surface area contributed by atoms with Crippen molar-refractivity contribution in [3.05, 3.63) is 0 Å². The molecule has 68 valence electrons. The lowest BCUT2D eigenvalue weighted by atomic mass is 10.8. The molecule has 0 radical (unpaired) electrons. The second-order valence-corrected chi connectivity index (χ2v) is 3.07. The smallest absolute Gasteiger partial charge is 0.235 e. The van der Waals surface area contributed by atoms with E-state index < -0.39 is 0 Å². The Hall–Kier alpha value is 0.0700. The molecule has 0 bridgehead atoms. The molecule has 0 rings (SSSR count). The van der Waals surface area contributed by atoms with E-state index in [0.29, 0.717) is 5.96 Å². The summed E-state index contributed by atoms with van der Waals surface area (Å²) in [6, 6.07) is 0. The highest BCUT2D eigenvalue weighted by molar-refractivity contribution is 14.1. The van der Waals surface area contributed by atoms with E-state index in [1.54, 1.807) is 23.2 Å². The highest BCUT2D eigenvalue weighted by atomic mass is 127. The van der Waals surface area contributed by atoms with Gasteiger partial charge in [-0.15, -0.1) is 0 Å². The largest absolute Gasteiger partial charge is 0.347 e. The fourth-order valence-electron chi connectivity index (χ4n) is 0.321. The van der Waals surface area contributed by atoms with E-state index in [4.69, 9.17) is 5.41 Å². The minimum absolute atomic E-state index is 0.163. The van der Waals surface area contributed by atoms with Gasteiger partial charge in [-0.3, -0.25) is 8.94 Å². The van der Waals surface area contributed by atoms with E-state index >= 15 is 0 Å². The van der Waals surface area contributed by atoms with Gasteiger partial charge in [0.05, 0.1) is 27.1 Å². The highest BCUT2D eigenvalue weighted by Gasteiger charge is 1.97. The molecule has 0 aromatic rings. The van der Waals surface area contributed by atoms with Crippen molar-refractivity contribution in [3.63, 3.8) is 0 Å². The summed E-state index contributed by atoms with van der Waals surface area (Å²) in [4.78, 5) is 9.37. The van der Waals surface area contributed by atoms with Gasteiger partial charge in [-0.25, -0.2) is 4.99 Å². The first-order valence-electron chi connectivity index (χ1n) is 2.95. The van der Waals surface area contributed by atoms with Gasteiger partial charge in [0.1, 0.15) is 0 Å². The number of guanidine groups is 2. The maximum atomic E-state index is 7.37. The lowest BCUT2D eigenvalue weighted by Crippen LogP contribution is -2.22. The van der Waals surface area contributed by atoms with Crippen LogP contribution in [0.25, 0.3) is 0 Å². The van der Waals surface area contributed by atoms with Gasteiger partial charge < -0.3 is 4.90 Å². The van der Waals surface area contributed by atoms with Crippen LogP contribution in [-0.2, 0) is 0 Å². The highest BCUT2D eigenvalue weighted by Crippen LogP contribution is 1.87. The average Bonchev–Trinajstić information content (AvgIpc) is 2.03. The molecule has 0 fully saturated rings. The van der Waals surface area contributed by atoms with Gasteiger partial charge in [-0.2, -0.15) is 4.99 Å². The van der Waals surface area contributed by atoms with Crippen LogP contribution in [0.2, 0.25) is 0 Å². The van der Waals surface area contributed by atoms with E-state index in [9.17, 15) is 0 Å². The maximum absolute atomic E-state index is 7.37. The predicted octanol–water partition coefficient (Wildman–Crippen LogP) is 1.24. The van der Waals surface area contributed by atoms with Crippen molar-refractivity contribution in [1.29, 1.82) is 5.41 Å². The molecule has 12 heavy (non-hydrogen) atoms. The summed E-state index contributed by atoms with van der Waals surface area (Å²) in [5.74, 6) is 0.583. The van der Waals surface area contributed by atoms with Crippen molar-refractivity contribution in [1.82, 2.24) is 8.43 Å². The van der Waals surface area contributed by atoms with Gasteiger partial charge in [0.2, 0.25) is 11.9 Å². The predicted molar refractivity (Wildman–Crippen MR) is 68.5 cm³/mol. The number of halogens is 2. The first kappa shape index (κ1) is 12.1. The maximum Gasteiger partial charge on any atom is 0.235 e. The Labute approximate surface area is 98.9 Å². The summed E-state index contributed by atoms with van der Waals surface area (Å²) in [5.41, 5.74) is 0. The normalized spacial score (nSPS) is 11.8. The first-order chi connectivity index (χ1) is 5.61. The van der Waals surface area contributed by atoms with Crippen LogP contribution < -0.4 is 3.53 Å². The molecule has 5 nitrogen and oxygen atoms in total. The van der Waals surface area contributed by atoms with Crippen LogP contribution in [0.4, 0.5) is 0 Å². The van der Waals surface area contributed by atoms with Crippen molar-refractivity contribution in [2.45, 2.75) is 0 Å². The first-order valence-corrected chi connectivity index (χ1v) is 5.28. The van der Waals surface area contributed by atoms with Gasteiger partial charge in [0, 0.05) is 14.1 Å². The number of hydrogen-bond donors (Lipinski definition) is 2. The van der Waals surface area contributed by atoms with Crippen LogP contribution in [0.15, 0.2) is 9.98 Å². The Morgan fingerprint density at radius 1 is 1.58 bits per heavy atom. The van der Waals surface area contributed by atoms with E-state index in [2.05, 4.69) is 13.5 Å². The second kappa shape index (κ2) is 6.57. The van der Waals surface area contributed by atoms with E-state index in [0.717, 1.165) is 0 Å². The van der Waals surface area contributed by atoms with Gasteiger partial charge in [-0.05, 0) is 22.6 Å². The van der Waals surface area contributed by atoms with Crippen LogP contribution in [0, 0.1) is 5.41 Å². The van der Waals surface area contributed by atoms with Gasteiger partial charge >= 0.3 is 0 Å². The molecule has 0 aliphatic heterocycles. The summed E-state index contributed by atoms with van der Waals surface area (Å²) in [6.07, 6.45) is 0. The lowest BCUT2D eigenvalue weighted by Gasteiger charge is -2.08. The second-order valence-electron chi connectivity index (χ2n) is 1.97. The Morgan fingerprint density at radius 3 is 2.50 bits per heavy atom. The van der Waals surface area contributed by atoms with Gasteiger partial charge in [0.15, 0.2) is 0 Å². The van der Waals surface area contributed by atoms with Crippen LogP contribution in [0.1, 0.15) is 0 Å². The van der Waals surface area contributed by atoms with E-state index in [1.807, 2.05) is 45.5 Å². The zero-order valence-corrected chi connectivity index (χ0v) is 11.0. The standard InChI is InChI=1S/C5H9I2N5/c1-12(2)4(8)10-5(11-7)9-3-6/h3H,1-2H3,(H2,8,10,11)/b9-3-. The van der Waals surface area contributed by atoms with Crippen LogP contribution in [0.5, 0.6) is 0 Å². The molecule has 0 spiro atoms. The molecule has 0 aliphatic carbocycles. The van der Waals surface area contributed by atoms with Gasteiger partial charge in [0.25, 0.3) is 0 Å². The van der Waals surface area contributed by atoms with Crippen LogP contribution in [0.3, 0.4) is 0 Å². The molecule has 2 N–H and O–H groups in total. The van der Waals surface area contributed by atoms with Crippen molar-refractivity contribution in [2.75, 3.05) is 14.1 Å². The number of hydrogen-bond acceptors (Lipinski definition) is 1. The molecule has 0 saturated carbocycles. The van der Waals surface area contributed by atoms with Crippen LogP contribution in [-0.4, -0.2) is 35.1 Å². The van der Waals surface area contributed by atoms with Crippen molar-refractivity contribution < 1.29 is 0 Å². The van der Waals surface area contributed by atoms with E-state index in [-0.39, 0.29) is 5.96 Å². The van der Waals surface area contributed by atoms with Crippen LogP contribution >= 0.6 is 45.5 Å². The molecule has 7 heteroatoms. The fraction of sp³-hybridized carbons (Fsp3) is 0.400. The van der Waals surface area contributed by atoms with E-state index in [1.165, 1.54) is 0 Å². The average molecular weight is 393 g/mol. The van der Waals surface area contributed by atoms with Crippen molar-refractivity contribution in [2.24, 2.45) is 9.98 Å². The Bertz CT molecular complexity index is 210.